The van der Waals surface area contributed by atoms with Gasteiger partial charge in [-0.1, -0.05) is 17.9 Å². The number of esters is 1. The first-order valence-corrected chi connectivity index (χ1v) is 6.07. The van der Waals surface area contributed by atoms with E-state index in [4.69, 9.17) is 4.74 Å². The second-order valence-electron chi connectivity index (χ2n) is 4.05. The molecule has 0 atom stereocenters. The Morgan fingerprint density at radius 1 is 0.950 bits per heavy atom. The van der Waals surface area contributed by atoms with Crippen molar-refractivity contribution in [1.82, 2.24) is 0 Å². The summed E-state index contributed by atoms with van der Waals surface area (Å²) in [4.78, 5) is 11.3. The number of carbonyl (C=O) groups excluding carboxylic acids is 1. The number of rotatable bonds is 2. The minimum absolute atomic E-state index is 0.350. The van der Waals surface area contributed by atoms with Gasteiger partial charge in [-0.05, 0) is 42.5 Å². The smallest absolute Gasteiger partial charge is 0.337 e. The Kier molecular flexibility index (Phi) is 4.41. The molecule has 20 heavy (non-hydrogen) atoms. The normalized spacial score (nSPS) is 9.30. The molecule has 0 aliphatic rings. The van der Waals surface area contributed by atoms with E-state index in [0.717, 1.165) is 16.9 Å². The zero-order chi connectivity index (χ0) is 14.4. The molecule has 2 rings (SSSR count). The lowest BCUT2D eigenvalue weighted by molar-refractivity contribution is 0.0601. The van der Waals surface area contributed by atoms with Gasteiger partial charge in [-0.2, -0.15) is 0 Å². The Morgan fingerprint density at radius 2 is 1.65 bits per heavy atom. The quantitative estimate of drug-likeness (QED) is 0.619. The van der Waals surface area contributed by atoms with Gasteiger partial charge in [0.25, 0.3) is 0 Å². The van der Waals surface area contributed by atoms with E-state index < -0.39 is 0 Å². The average molecular weight is 266 g/mol. The molecule has 0 N–H and O–H groups in total. The molecule has 0 aliphatic heterocycles. The first kappa shape index (κ1) is 13.7. The summed E-state index contributed by atoms with van der Waals surface area (Å²) in [6, 6.07) is 14.5. The number of methoxy groups -OCH3 is 2. The molecule has 0 bridgehead atoms. The van der Waals surface area contributed by atoms with Crippen LogP contribution in [0.5, 0.6) is 5.75 Å². The van der Waals surface area contributed by atoms with Crippen LogP contribution in [-0.2, 0) is 4.74 Å². The number of carbonyl (C=O) groups is 1. The first-order valence-electron chi connectivity index (χ1n) is 6.07. The standard InChI is InChI=1S/C17H14O3/c1-19-16-5-3-4-14(12-16)7-6-13-8-10-15(11-9-13)17(18)20-2/h3-5,8-12H,1-2H3. The summed E-state index contributed by atoms with van der Waals surface area (Å²) >= 11 is 0. The van der Waals surface area contributed by atoms with Gasteiger partial charge in [0.15, 0.2) is 0 Å². The van der Waals surface area contributed by atoms with E-state index in [0.29, 0.717) is 5.56 Å². The van der Waals surface area contributed by atoms with Gasteiger partial charge in [-0.25, -0.2) is 4.79 Å². The third-order valence-corrected chi connectivity index (χ3v) is 2.73. The lowest BCUT2D eigenvalue weighted by Gasteiger charge is -1.99. The molecule has 3 heteroatoms. The Balaban J connectivity index is 2.18. The summed E-state index contributed by atoms with van der Waals surface area (Å²) in [6.45, 7) is 0. The van der Waals surface area contributed by atoms with Crippen molar-refractivity contribution in [3.8, 4) is 17.6 Å². The highest BCUT2D eigenvalue weighted by Gasteiger charge is 2.03. The van der Waals surface area contributed by atoms with Crippen LogP contribution in [0.15, 0.2) is 48.5 Å². The van der Waals surface area contributed by atoms with Crippen molar-refractivity contribution in [2.24, 2.45) is 0 Å². The predicted octanol–water partition coefficient (Wildman–Crippen LogP) is 2.88. The monoisotopic (exact) mass is 266 g/mol. The maximum absolute atomic E-state index is 11.3. The van der Waals surface area contributed by atoms with Crippen LogP contribution in [0.3, 0.4) is 0 Å². The molecule has 100 valence electrons. The minimum atomic E-state index is -0.350. The van der Waals surface area contributed by atoms with E-state index >= 15 is 0 Å². The van der Waals surface area contributed by atoms with Crippen molar-refractivity contribution in [2.45, 2.75) is 0 Å². The highest BCUT2D eigenvalue weighted by atomic mass is 16.5. The summed E-state index contributed by atoms with van der Waals surface area (Å²) in [7, 11) is 2.98. The van der Waals surface area contributed by atoms with Crippen LogP contribution in [0.1, 0.15) is 21.5 Å². The van der Waals surface area contributed by atoms with Gasteiger partial charge >= 0.3 is 5.97 Å². The van der Waals surface area contributed by atoms with E-state index in [9.17, 15) is 4.79 Å². The maximum Gasteiger partial charge on any atom is 0.337 e. The van der Waals surface area contributed by atoms with E-state index in [1.807, 2.05) is 24.3 Å². The van der Waals surface area contributed by atoms with Gasteiger partial charge in [-0.15, -0.1) is 0 Å². The van der Waals surface area contributed by atoms with Crippen LogP contribution < -0.4 is 4.74 Å². The van der Waals surface area contributed by atoms with Gasteiger partial charge in [0.05, 0.1) is 19.8 Å². The Bertz CT molecular complexity index is 661. The maximum atomic E-state index is 11.3. The van der Waals surface area contributed by atoms with Crippen LogP contribution >= 0.6 is 0 Å². The zero-order valence-corrected chi connectivity index (χ0v) is 11.3. The minimum Gasteiger partial charge on any atom is -0.497 e. The van der Waals surface area contributed by atoms with Gasteiger partial charge < -0.3 is 9.47 Å². The van der Waals surface area contributed by atoms with Crippen LogP contribution in [0.4, 0.5) is 0 Å². The second-order valence-corrected chi connectivity index (χ2v) is 4.05. The van der Waals surface area contributed by atoms with Gasteiger partial charge in [0, 0.05) is 11.1 Å². The lowest BCUT2D eigenvalue weighted by Crippen LogP contribution is -2.00. The topological polar surface area (TPSA) is 35.5 Å². The first-order chi connectivity index (χ1) is 9.72. The highest BCUT2D eigenvalue weighted by Crippen LogP contribution is 2.11. The highest BCUT2D eigenvalue weighted by molar-refractivity contribution is 5.89. The molecule has 2 aromatic rings. The van der Waals surface area contributed by atoms with Crippen molar-refractivity contribution < 1.29 is 14.3 Å². The lowest BCUT2D eigenvalue weighted by atomic mass is 10.1. The SMILES string of the molecule is COC(=O)c1ccc(C#Cc2cccc(OC)c2)cc1. The average Bonchev–Trinajstić information content (AvgIpc) is 2.53. The van der Waals surface area contributed by atoms with Crippen LogP contribution in [0.2, 0.25) is 0 Å². The molecule has 0 aliphatic carbocycles. The number of hydrogen-bond donors (Lipinski definition) is 0. The van der Waals surface area contributed by atoms with Gasteiger partial charge in [0.1, 0.15) is 5.75 Å². The van der Waals surface area contributed by atoms with E-state index in [1.54, 1.807) is 31.4 Å². The van der Waals surface area contributed by atoms with E-state index in [2.05, 4.69) is 16.6 Å². The molecule has 0 saturated heterocycles. The summed E-state index contributed by atoms with van der Waals surface area (Å²) in [5, 5.41) is 0. The molecule has 0 amide bonds. The molecule has 0 fully saturated rings. The largest absolute Gasteiger partial charge is 0.497 e. The van der Waals surface area contributed by atoms with Crippen molar-refractivity contribution >= 4 is 5.97 Å². The number of ether oxygens (including phenoxy) is 2. The fourth-order valence-electron chi connectivity index (χ4n) is 1.65. The fourth-order valence-corrected chi connectivity index (χ4v) is 1.65. The van der Waals surface area contributed by atoms with Crippen LogP contribution in [0, 0.1) is 11.8 Å². The molecular weight excluding hydrogens is 252 g/mol. The number of hydrogen-bond acceptors (Lipinski definition) is 3. The zero-order valence-electron chi connectivity index (χ0n) is 11.3. The second kappa shape index (κ2) is 6.44. The molecule has 2 aromatic carbocycles. The molecular formula is C17H14O3. The molecule has 3 nitrogen and oxygen atoms in total. The molecule has 0 aromatic heterocycles. The fraction of sp³-hybridized carbons (Fsp3) is 0.118. The predicted molar refractivity (Wildman–Crippen MR) is 76.8 cm³/mol. The van der Waals surface area contributed by atoms with Crippen molar-refractivity contribution in [3.63, 3.8) is 0 Å². The van der Waals surface area contributed by atoms with E-state index in [1.165, 1.54) is 7.11 Å². The van der Waals surface area contributed by atoms with Crippen molar-refractivity contribution in [2.75, 3.05) is 14.2 Å². The Hall–Kier alpha value is -2.73. The summed E-state index contributed by atoms with van der Waals surface area (Å²) in [6.07, 6.45) is 0. The molecule has 0 spiro atoms. The molecule has 0 saturated carbocycles. The van der Waals surface area contributed by atoms with Crippen molar-refractivity contribution in [1.29, 1.82) is 0 Å². The van der Waals surface area contributed by atoms with Crippen molar-refractivity contribution in [3.05, 3.63) is 65.2 Å². The van der Waals surface area contributed by atoms with E-state index in [-0.39, 0.29) is 5.97 Å². The van der Waals surface area contributed by atoms with Gasteiger partial charge in [0.2, 0.25) is 0 Å². The van der Waals surface area contributed by atoms with Crippen LogP contribution in [0.25, 0.3) is 0 Å². The summed E-state index contributed by atoms with van der Waals surface area (Å²) < 4.78 is 9.78. The summed E-state index contributed by atoms with van der Waals surface area (Å²) in [5.74, 6) is 6.52. The third-order valence-electron chi connectivity index (χ3n) is 2.73. The Morgan fingerprint density at radius 3 is 2.30 bits per heavy atom. The number of benzene rings is 2. The Labute approximate surface area is 118 Å². The summed E-state index contributed by atoms with van der Waals surface area (Å²) in [5.41, 5.74) is 2.22. The van der Waals surface area contributed by atoms with Gasteiger partial charge in [-0.3, -0.25) is 0 Å². The molecule has 0 radical (unpaired) electrons. The third kappa shape index (κ3) is 3.39. The van der Waals surface area contributed by atoms with Crippen LogP contribution in [-0.4, -0.2) is 20.2 Å². The molecule has 0 unspecified atom stereocenters. The molecule has 0 heterocycles.